The lowest BCUT2D eigenvalue weighted by molar-refractivity contribution is 0.415. The first-order valence-electron chi connectivity index (χ1n) is 6.06. The molecule has 0 aliphatic rings. The highest BCUT2D eigenvalue weighted by Gasteiger charge is 2.12. The van der Waals surface area contributed by atoms with Crippen LogP contribution < -0.4 is 10.1 Å². The zero-order valence-corrected chi connectivity index (χ0v) is 13.4. The predicted molar refractivity (Wildman–Crippen MR) is 84.1 cm³/mol. The third-order valence-electron chi connectivity index (χ3n) is 2.96. The van der Waals surface area contributed by atoms with Crippen LogP contribution in [-0.4, -0.2) is 7.11 Å². The molecule has 5 heteroatoms. The molecule has 106 valence electrons. The van der Waals surface area contributed by atoms with Crippen LogP contribution in [0, 0.1) is 5.82 Å². The summed E-state index contributed by atoms with van der Waals surface area (Å²) in [6.07, 6.45) is 0. The molecule has 0 aromatic heterocycles. The van der Waals surface area contributed by atoms with Gasteiger partial charge in [0.15, 0.2) is 0 Å². The van der Waals surface area contributed by atoms with E-state index in [1.54, 1.807) is 25.3 Å². The van der Waals surface area contributed by atoms with Crippen molar-refractivity contribution in [1.82, 2.24) is 0 Å². The molecule has 1 N–H and O–H groups in total. The third kappa shape index (κ3) is 3.44. The second-order valence-electron chi connectivity index (χ2n) is 4.38. The minimum Gasteiger partial charge on any atom is -0.495 e. The topological polar surface area (TPSA) is 21.3 Å². The van der Waals surface area contributed by atoms with E-state index in [9.17, 15) is 4.39 Å². The number of nitrogens with one attached hydrogen (secondary N) is 1. The average Bonchev–Trinajstić information content (AvgIpc) is 2.40. The Balaban J connectivity index is 2.21. The lowest BCUT2D eigenvalue weighted by Crippen LogP contribution is -2.08. The Morgan fingerprint density at radius 3 is 2.65 bits per heavy atom. The molecule has 2 aromatic carbocycles. The molecule has 0 amide bonds. The van der Waals surface area contributed by atoms with Crippen LogP contribution in [0.4, 0.5) is 10.1 Å². The van der Waals surface area contributed by atoms with Crippen LogP contribution in [0.3, 0.4) is 0 Å². The van der Waals surface area contributed by atoms with Gasteiger partial charge in [-0.05, 0) is 31.2 Å². The molecule has 1 atom stereocenters. The molecule has 0 heterocycles. The standard InChI is InChI=1S/C15H14BrClFNO/c1-9(12-5-3-10(16)7-14(12)18)19-11-4-6-13(17)15(8-11)20-2/h3-9,19H,1-2H3. The number of anilines is 1. The maximum atomic E-state index is 13.9. The van der Waals surface area contributed by atoms with E-state index in [1.165, 1.54) is 6.07 Å². The van der Waals surface area contributed by atoms with Crippen molar-refractivity contribution in [2.45, 2.75) is 13.0 Å². The first kappa shape index (κ1) is 15.1. The SMILES string of the molecule is COc1cc(NC(C)c2ccc(Br)cc2F)ccc1Cl. The van der Waals surface area contributed by atoms with Gasteiger partial charge < -0.3 is 10.1 Å². The molecule has 20 heavy (non-hydrogen) atoms. The van der Waals surface area contributed by atoms with Gasteiger partial charge in [-0.25, -0.2) is 4.39 Å². The van der Waals surface area contributed by atoms with Gasteiger partial charge in [0.2, 0.25) is 0 Å². The lowest BCUT2D eigenvalue weighted by atomic mass is 10.1. The molecule has 0 saturated heterocycles. The highest BCUT2D eigenvalue weighted by atomic mass is 79.9. The van der Waals surface area contributed by atoms with Gasteiger partial charge in [-0.15, -0.1) is 0 Å². The van der Waals surface area contributed by atoms with Crippen molar-refractivity contribution < 1.29 is 9.13 Å². The molecule has 0 spiro atoms. The molecule has 0 aliphatic heterocycles. The smallest absolute Gasteiger partial charge is 0.139 e. The van der Waals surface area contributed by atoms with Crippen LogP contribution in [0.2, 0.25) is 5.02 Å². The van der Waals surface area contributed by atoms with E-state index < -0.39 is 0 Å². The fourth-order valence-corrected chi connectivity index (χ4v) is 2.46. The maximum Gasteiger partial charge on any atom is 0.139 e. The monoisotopic (exact) mass is 357 g/mol. The Labute approximate surface area is 131 Å². The van der Waals surface area contributed by atoms with Crippen molar-refractivity contribution in [2.24, 2.45) is 0 Å². The van der Waals surface area contributed by atoms with E-state index in [0.29, 0.717) is 16.3 Å². The molecule has 1 unspecified atom stereocenters. The van der Waals surface area contributed by atoms with Gasteiger partial charge in [-0.1, -0.05) is 33.6 Å². The Hall–Kier alpha value is -1.26. The molecule has 0 fully saturated rings. The summed E-state index contributed by atoms with van der Waals surface area (Å²) in [5, 5.41) is 3.77. The van der Waals surface area contributed by atoms with Crippen LogP contribution in [0.25, 0.3) is 0 Å². The van der Waals surface area contributed by atoms with Crippen LogP contribution in [0.15, 0.2) is 40.9 Å². The van der Waals surface area contributed by atoms with Crippen molar-refractivity contribution >= 4 is 33.2 Å². The van der Waals surface area contributed by atoms with Gasteiger partial charge in [-0.3, -0.25) is 0 Å². The Kier molecular flexibility index (Phi) is 4.89. The maximum absolute atomic E-state index is 13.9. The van der Waals surface area contributed by atoms with Gasteiger partial charge in [0.05, 0.1) is 18.2 Å². The number of hydrogen-bond donors (Lipinski definition) is 1. The summed E-state index contributed by atoms with van der Waals surface area (Å²) in [4.78, 5) is 0. The van der Waals surface area contributed by atoms with Gasteiger partial charge in [-0.2, -0.15) is 0 Å². The summed E-state index contributed by atoms with van der Waals surface area (Å²) in [5.41, 5.74) is 1.42. The van der Waals surface area contributed by atoms with Crippen molar-refractivity contribution in [2.75, 3.05) is 12.4 Å². The van der Waals surface area contributed by atoms with Crippen molar-refractivity contribution in [3.63, 3.8) is 0 Å². The van der Waals surface area contributed by atoms with Crippen LogP contribution in [0.1, 0.15) is 18.5 Å². The highest BCUT2D eigenvalue weighted by Crippen LogP contribution is 2.30. The van der Waals surface area contributed by atoms with Gasteiger partial charge in [0, 0.05) is 21.8 Å². The van der Waals surface area contributed by atoms with Crippen LogP contribution >= 0.6 is 27.5 Å². The zero-order valence-electron chi connectivity index (χ0n) is 11.1. The number of hydrogen-bond acceptors (Lipinski definition) is 2. The molecule has 0 bridgehead atoms. The second kappa shape index (κ2) is 6.46. The number of ether oxygens (including phenoxy) is 1. The molecular formula is C15H14BrClFNO. The minimum atomic E-state index is -0.250. The van der Waals surface area contributed by atoms with Crippen LogP contribution in [0.5, 0.6) is 5.75 Å². The normalized spacial score (nSPS) is 12.1. The fraction of sp³-hybridized carbons (Fsp3) is 0.200. The minimum absolute atomic E-state index is 0.172. The first-order chi connectivity index (χ1) is 9.51. The largest absolute Gasteiger partial charge is 0.495 e. The summed E-state index contributed by atoms with van der Waals surface area (Å²) in [6.45, 7) is 1.90. The number of halogens is 3. The fourth-order valence-electron chi connectivity index (χ4n) is 1.93. The Morgan fingerprint density at radius 2 is 2.00 bits per heavy atom. The number of benzene rings is 2. The van der Waals surface area contributed by atoms with E-state index in [0.717, 1.165) is 10.2 Å². The summed E-state index contributed by atoms with van der Waals surface area (Å²) < 4.78 is 19.8. The third-order valence-corrected chi connectivity index (χ3v) is 3.77. The van der Waals surface area contributed by atoms with Gasteiger partial charge in [0.25, 0.3) is 0 Å². The van der Waals surface area contributed by atoms with Crippen LogP contribution in [-0.2, 0) is 0 Å². The number of methoxy groups -OCH3 is 1. The Morgan fingerprint density at radius 1 is 1.25 bits per heavy atom. The van der Waals surface area contributed by atoms with E-state index in [4.69, 9.17) is 16.3 Å². The molecule has 2 nitrogen and oxygen atoms in total. The van der Waals surface area contributed by atoms with E-state index in [1.807, 2.05) is 19.1 Å². The Bertz CT molecular complexity index is 621. The summed E-state index contributed by atoms with van der Waals surface area (Å²) in [6, 6.07) is 10.2. The quantitative estimate of drug-likeness (QED) is 0.787. The highest BCUT2D eigenvalue weighted by molar-refractivity contribution is 9.10. The zero-order chi connectivity index (χ0) is 14.7. The molecule has 2 aromatic rings. The van der Waals surface area contributed by atoms with Gasteiger partial charge >= 0.3 is 0 Å². The number of rotatable bonds is 4. The summed E-state index contributed by atoms with van der Waals surface area (Å²) >= 11 is 9.22. The molecule has 0 aliphatic carbocycles. The van der Waals surface area contributed by atoms with Gasteiger partial charge in [0.1, 0.15) is 11.6 Å². The average molecular weight is 359 g/mol. The molecule has 2 rings (SSSR count). The van der Waals surface area contributed by atoms with E-state index >= 15 is 0 Å². The van der Waals surface area contributed by atoms with Crippen molar-refractivity contribution in [3.05, 3.63) is 57.3 Å². The summed E-state index contributed by atoms with van der Waals surface area (Å²) in [7, 11) is 1.56. The molecular weight excluding hydrogens is 345 g/mol. The summed E-state index contributed by atoms with van der Waals surface area (Å²) in [5.74, 6) is 0.334. The first-order valence-corrected chi connectivity index (χ1v) is 7.23. The van der Waals surface area contributed by atoms with E-state index in [-0.39, 0.29) is 11.9 Å². The lowest BCUT2D eigenvalue weighted by Gasteiger charge is -2.17. The second-order valence-corrected chi connectivity index (χ2v) is 5.70. The molecule has 0 radical (unpaired) electrons. The van der Waals surface area contributed by atoms with Crippen molar-refractivity contribution in [3.8, 4) is 5.75 Å². The van der Waals surface area contributed by atoms with Crippen molar-refractivity contribution in [1.29, 1.82) is 0 Å². The molecule has 0 saturated carbocycles. The van der Waals surface area contributed by atoms with E-state index in [2.05, 4.69) is 21.2 Å². The predicted octanol–water partition coefficient (Wildman–Crippen LogP) is 5.42.